The quantitative estimate of drug-likeness (QED) is 0.612. The smallest absolute Gasteiger partial charge is 0.365 e. The summed E-state index contributed by atoms with van der Waals surface area (Å²) in [5.41, 5.74) is 1.05. The predicted octanol–water partition coefficient (Wildman–Crippen LogP) is 1.79. The van der Waals surface area contributed by atoms with Crippen LogP contribution in [0.15, 0.2) is 41.2 Å². The maximum absolute atomic E-state index is 11.6. The van der Waals surface area contributed by atoms with Gasteiger partial charge in [-0.1, -0.05) is 0 Å². The molecule has 0 N–H and O–H groups in total. The van der Waals surface area contributed by atoms with Gasteiger partial charge in [0, 0.05) is 25.9 Å². The fourth-order valence-corrected chi connectivity index (χ4v) is 1.63. The number of carbonyl (C=O) groups is 1. The number of cyclic esters (lactones) is 1. The lowest BCUT2D eigenvalue weighted by Gasteiger charge is -2.03. The van der Waals surface area contributed by atoms with Gasteiger partial charge in [-0.15, -0.1) is 0 Å². The van der Waals surface area contributed by atoms with Gasteiger partial charge in [-0.3, -0.25) is 0 Å². The van der Waals surface area contributed by atoms with Crippen LogP contribution in [0.25, 0.3) is 0 Å². The molecule has 0 atom stereocenters. The molecule has 0 radical (unpaired) electrons. The Morgan fingerprint density at radius 1 is 1.32 bits per heavy atom. The Labute approximate surface area is 112 Å². The molecule has 0 unspecified atom stereocenters. The third kappa shape index (κ3) is 3.13. The Morgan fingerprint density at radius 3 is 2.58 bits per heavy atom. The summed E-state index contributed by atoms with van der Waals surface area (Å²) in [6.07, 6.45) is 1.63. The van der Waals surface area contributed by atoms with E-state index < -0.39 is 5.97 Å². The molecule has 0 fully saturated rings. The molecule has 1 heterocycles. The molecule has 5 heteroatoms. The molecule has 5 nitrogen and oxygen atoms in total. The van der Waals surface area contributed by atoms with Gasteiger partial charge in [0.2, 0.25) is 5.90 Å². The minimum Gasteiger partial charge on any atom is -0.494 e. The van der Waals surface area contributed by atoms with Gasteiger partial charge in [0.05, 0.1) is 6.61 Å². The summed E-state index contributed by atoms with van der Waals surface area (Å²) >= 11 is 0. The monoisotopic (exact) mass is 260 g/mol. The summed E-state index contributed by atoms with van der Waals surface area (Å²) < 4.78 is 10.5. The predicted molar refractivity (Wildman–Crippen MR) is 72.0 cm³/mol. The number of carbonyl (C=O) groups excluding carboxylic acids is 1. The second kappa shape index (κ2) is 5.56. The van der Waals surface area contributed by atoms with E-state index in [0.29, 0.717) is 18.2 Å². The molecule has 0 amide bonds. The molecule has 100 valence electrons. The van der Waals surface area contributed by atoms with Crippen LogP contribution in [0, 0.1) is 0 Å². The molecule has 0 bridgehead atoms. The number of benzene rings is 1. The second-order valence-electron chi connectivity index (χ2n) is 4.24. The molecule has 0 aromatic heterocycles. The van der Waals surface area contributed by atoms with Crippen molar-refractivity contribution in [3.05, 3.63) is 41.7 Å². The van der Waals surface area contributed by atoms with Gasteiger partial charge < -0.3 is 14.4 Å². The van der Waals surface area contributed by atoms with Crippen LogP contribution in [0.4, 0.5) is 0 Å². The van der Waals surface area contributed by atoms with Crippen molar-refractivity contribution < 1.29 is 14.3 Å². The third-order valence-corrected chi connectivity index (χ3v) is 2.41. The number of ether oxygens (including phenoxy) is 2. The number of hydrogen-bond acceptors (Lipinski definition) is 5. The molecule has 1 aromatic carbocycles. The van der Waals surface area contributed by atoms with Gasteiger partial charge >= 0.3 is 5.97 Å². The van der Waals surface area contributed by atoms with Crippen LogP contribution in [0.3, 0.4) is 0 Å². The summed E-state index contributed by atoms with van der Waals surface area (Å²) in [7, 11) is 3.65. The summed E-state index contributed by atoms with van der Waals surface area (Å²) in [4.78, 5) is 17.5. The number of nitrogens with zero attached hydrogens (tertiary/aromatic N) is 2. The molecule has 0 saturated heterocycles. The topological polar surface area (TPSA) is 51.1 Å². The lowest BCUT2D eigenvalue weighted by Crippen LogP contribution is -2.07. The van der Waals surface area contributed by atoms with E-state index in [1.165, 1.54) is 0 Å². The zero-order valence-electron chi connectivity index (χ0n) is 11.2. The molecule has 0 aliphatic carbocycles. The molecule has 19 heavy (non-hydrogen) atoms. The van der Waals surface area contributed by atoms with Crippen molar-refractivity contribution in [2.75, 3.05) is 20.7 Å². The van der Waals surface area contributed by atoms with Crippen molar-refractivity contribution >= 4 is 11.9 Å². The van der Waals surface area contributed by atoms with Crippen LogP contribution >= 0.6 is 0 Å². The van der Waals surface area contributed by atoms with E-state index in [2.05, 4.69) is 4.99 Å². The van der Waals surface area contributed by atoms with Crippen molar-refractivity contribution in [3.63, 3.8) is 0 Å². The Balaban J connectivity index is 2.21. The lowest BCUT2D eigenvalue weighted by atomic mass is 10.2. The van der Waals surface area contributed by atoms with Crippen LogP contribution in [-0.2, 0) is 9.53 Å². The molecule has 0 saturated carbocycles. The number of rotatable bonds is 4. The Morgan fingerprint density at radius 2 is 2.00 bits per heavy atom. The highest BCUT2D eigenvalue weighted by Gasteiger charge is 2.24. The van der Waals surface area contributed by atoms with Crippen molar-refractivity contribution in [2.24, 2.45) is 4.99 Å². The van der Waals surface area contributed by atoms with Crippen LogP contribution in [0.1, 0.15) is 12.5 Å². The van der Waals surface area contributed by atoms with Crippen LogP contribution in [-0.4, -0.2) is 37.5 Å². The first-order chi connectivity index (χ1) is 9.10. The van der Waals surface area contributed by atoms with Crippen molar-refractivity contribution in [1.29, 1.82) is 0 Å². The van der Waals surface area contributed by atoms with Crippen molar-refractivity contribution in [1.82, 2.24) is 4.90 Å². The fraction of sp³-hybridized carbons (Fsp3) is 0.286. The van der Waals surface area contributed by atoms with Gasteiger partial charge in [0.15, 0.2) is 5.70 Å². The summed E-state index contributed by atoms with van der Waals surface area (Å²) in [6, 6.07) is 7.27. The van der Waals surface area contributed by atoms with Gasteiger partial charge in [0.1, 0.15) is 5.75 Å². The van der Waals surface area contributed by atoms with Crippen LogP contribution < -0.4 is 4.74 Å². The maximum Gasteiger partial charge on any atom is 0.365 e. The number of esters is 1. The molecule has 1 aromatic rings. The Hall–Kier alpha value is -2.30. The maximum atomic E-state index is 11.6. The van der Waals surface area contributed by atoms with E-state index in [1.807, 2.05) is 45.3 Å². The molecule has 1 aliphatic rings. The lowest BCUT2D eigenvalue weighted by molar-refractivity contribution is -0.130. The Kier molecular flexibility index (Phi) is 3.85. The highest BCUT2D eigenvalue weighted by atomic mass is 16.6. The SMILES string of the molecule is CCOc1ccc(C2=N/C(=C\N(C)C)C(=O)O2)cc1. The molecule has 2 rings (SSSR count). The van der Waals surface area contributed by atoms with E-state index >= 15 is 0 Å². The first kappa shape index (κ1) is 13.1. The van der Waals surface area contributed by atoms with Crippen LogP contribution in [0.2, 0.25) is 0 Å². The highest BCUT2D eigenvalue weighted by Crippen LogP contribution is 2.19. The zero-order valence-corrected chi connectivity index (χ0v) is 11.2. The number of aliphatic imine (C=N–C) groups is 1. The van der Waals surface area contributed by atoms with Crippen molar-refractivity contribution in [3.8, 4) is 5.75 Å². The minimum atomic E-state index is -0.433. The Bertz CT molecular complexity index is 530. The standard InChI is InChI=1S/C14H16N2O3/c1-4-18-11-7-5-10(6-8-11)13-15-12(9-16(2)3)14(17)19-13/h5-9H,4H2,1-3H3/b12-9-. The zero-order chi connectivity index (χ0) is 13.8. The third-order valence-electron chi connectivity index (χ3n) is 2.41. The first-order valence-electron chi connectivity index (χ1n) is 6.02. The average Bonchev–Trinajstić information content (AvgIpc) is 2.71. The second-order valence-corrected chi connectivity index (χ2v) is 4.24. The van der Waals surface area contributed by atoms with E-state index in [9.17, 15) is 4.79 Å². The van der Waals surface area contributed by atoms with Gasteiger partial charge in [0.25, 0.3) is 0 Å². The number of hydrogen-bond donors (Lipinski definition) is 0. The van der Waals surface area contributed by atoms with Crippen molar-refractivity contribution in [2.45, 2.75) is 6.92 Å². The fourth-order valence-electron chi connectivity index (χ4n) is 1.63. The average molecular weight is 260 g/mol. The molecule has 1 aliphatic heterocycles. The van der Waals surface area contributed by atoms with Crippen LogP contribution in [0.5, 0.6) is 5.75 Å². The summed E-state index contributed by atoms with van der Waals surface area (Å²) in [5.74, 6) is 0.666. The van der Waals surface area contributed by atoms with E-state index in [1.54, 1.807) is 11.1 Å². The highest BCUT2D eigenvalue weighted by molar-refractivity contribution is 6.11. The first-order valence-corrected chi connectivity index (χ1v) is 6.02. The van der Waals surface area contributed by atoms with E-state index in [4.69, 9.17) is 9.47 Å². The normalized spacial score (nSPS) is 16.3. The van der Waals surface area contributed by atoms with Gasteiger partial charge in [-0.25, -0.2) is 9.79 Å². The molecule has 0 spiro atoms. The van der Waals surface area contributed by atoms with Gasteiger partial charge in [-0.2, -0.15) is 0 Å². The van der Waals surface area contributed by atoms with Gasteiger partial charge in [-0.05, 0) is 31.2 Å². The molecular formula is C14H16N2O3. The largest absolute Gasteiger partial charge is 0.494 e. The molecular weight excluding hydrogens is 244 g/mol. The summed E-state index contributed by atoms with van der Waals surface area (Å²) in [6.45, 7) is 2.54. The minimum absolute atomic E-state index is 0.300. The summed E-state index contributed by atoms with van der Waals surface area (Å²) in [5, 5.41) is 0. The van der Waals surface area contributed by atoms with E-state index in [0.717, 1.165) is 11.3 Å². The van der Waals surface area contributed by atoms with E-state index in [-0.39, 0.29) is 0 Å².